The highest BCUT2D eigenvalue weighted by Gasteiger charge is 2.49. The van der Waals surface area contributed by atoms with Gasteiger partial charge in [0.15, 0.2) is 0 Å². The SMILES string of the molecule is COc1c(C(F)(F)F)ccc2c1C1(CC2)CNc2ccccc21. The minimum Gasteiger partial charge on any atom is -0.496 e. The molecule has 0 aromatic heterocycles. The summed E-state index contributed by atoms with van der Waals surface area (Å²) >= 11 is 0. The van der Waals surface area contributed by atoms with Gasteiger partial charge in [-0.3, -0.25) is 0 Å². The van der Waals surface area contributed by atoms with Gasteiger partial charge < -0.3 is 10.1 Å². The van der Waals surface area contributed by atoms with E-state index in [0.29, 0.717) is 12.1 Å². The third kappa shape index (κ3) is 1.89. The summed E-state index contributed by atoms with van der Waals surface area (Å²) in [6.07, 6.45) is -2.86. The van der Waals surface area contributed by atoms with Crippen molar-refractivity contribution < 1.29 is 17.9 Å². The molecule has 1 heterocycles. The normalized spacial score (nSPS) is 21.9. The molecule has 1 aliphatic heterocycles. The lowest BCUT2D eigenvalue weighted by Crippen LogP contribution is -2.28. The van der Waals surface area contributed by atoms with Gasteiger partial charge in [0.1, 0.15) is 5.75 Å². The summed E-state index contributed by atoms with van der Waals surface area (Å²) in [5.74, 6) is -0.0222. The minimum atomic E-state index is -4.42. The van der Waals surface area contributed by atoms with Gasteiger partial charge in [0, 0.05) is 23.2 Å². The summed E-state index contributed by atoms with van der Waals surface area (Å²) in [5, 5.41) is 3.35. The molecule has 1 atom stereocenters. The minimum absolute atomic E-state index is 0.0222. The molecule has 2 aliphatic rings. The Morgan fingerprint density at radius 1 is 1.13 bits per heavy atom. The highest BCUT2D eigenvalue weighted by molar-refractivity contribution is 5.69. The van der Waals surface area contributed by atoms with Gasteiger partial charge in [-0.2, -0.15) is 13.2 Å². The molecule has 0 amide bonds. The molecule has 0 bridgehead atoms. The highest BCUT2D eigenvalue weighted by atomic mass is 19.4. The maximum Gasteiger partial charge on any atom is 0.419 e. The number of aryl methyl sites for hydroxylation is 1. The Morgan fingerprint density at radius 3 is 2.65 bits per heavy atom. The van der Waals surface area contributed by atoms with Crippen molar-refractivity contribution in [3.8, 4) is 5.75 Å². The van der Waals surface area contributed by atoms with Gasteiger partial charge in [0.25, 0.3) is 0 Å². The number of halogens is 3. The largest absolute Gasteiger partial charge is 0.496 e. The van der Waals surface area contributed by atoms with Crippen LogP contribution in [-0.4, -0.2) is 13.7 Å². The predicted octanol–water partition coefficient (Wildman–Crippen LogP) is 4.37. The van der Waals surface area contributed by atoms with E-state index in [1.807, 2.05) is 24.3 Å². The van der Waals surface area contributed by atoms with E-state index < -0.39 is 17.2 Å². The first kappa shape index (κ1) is 14.4. The number of hydrogen-bond donors (Lipinski definition) is 1. The number of nitrogens with one attached hydrogen (secondary N) is 1. The van der Waals surface area contributed by atoms with Crippen LogP contribution in [-0.2, 0) is 18.0 Å². The molecule has 1 aliphatic carbocycles. The summed E-state index contributed by atoms with van der Waals surface area (Å²) < 4.78 is 45.4. The van der Waals surface area contributed by atoms with Gasteiger partial charge in [0.2, 0.25) is 0 Å². The van der Waals surface area contributed by atoms with Crippen molar-refractivity contribution in [3.63, 3.8) is 0 Å². The van der Waals surface area contributed by atoms with Crippen molar-refractivity contribution in [3.05, 3.63) is 58.7 Å². The molecule has 0 saturated carbocycles. The van der Waals surface area contributed by atoms with Crippen molar-refractivity contribution in [1.82, 2.24) is 0 Å². The van der Waals surface area contributed by atoms with E-state index in [1.54, 1.807) is 6.07 Å². The molecule has 2 aromatic rings. The van der Waals surface area contributed by atoms with Gasteiger partial charge in [-0.1, -0.05) is 24.3 Å². The van der Waals surface area contributed by atoms with Crippen LogP contribution in [0.2, 0.25) is 0 Å². The number of hydrogen-bond acceptors (Lipinski definition) is 2. The fraction of sp³-hybridized carbons (Fsp3) is 0.333. The van der Waals surface area contributed by atoms with Crippen molar-refractivity contribution in [1.29, 1.82) is 0 Å². The lowest BCUT2D eigenvalue weighted by molar-refractivity contribution is -0.138. The van der Waals surface area contributed by atoms with Gasteiger partial charge in [-0.15, -0.1) is 0 Å². The van der Waals surface area contributed by atoms with Crippen LogP contribution in [0.4, 0.5) is 18.9 Å². The zero-order valence-corrected chi connectivity index (χ0v) is 12.6. The van der Waals surface area contributed by atoms with Gasteiger partial charge in [-0.25, -0.2) is 0 Å². The van der Waals surface area contributed by atoms with Gasteiger partial charge in [0.05, 0.1) is 12.7 Å². The molecular weight excluding hydrogens is 303 g/mol. The lowest BCUT2D eigenvalue weighted by Gasteiger charge is -2.28. The van der Waals surface area contributed by atoms with Crippen LogP contribution in [0, 0.1) is 0 Å². The maximum atomic E-state index is 13.4. The summed E-state index contributed by atoms with van der Waals surface area (Å²) in [5.41, 5.74) is 2.60. The van der Waals surface area contributed by atoms with Gasteiger partial charge in [-0.05, 0) is 36.1 Å². The first-order valence-electron chi connectivity index (χ1n) is 7.58. The number of benzene rings is 2. The zero-order valence-electron chi connectivity index (χ0n) is 12.6. The predicted molar refractivity (Wildman–Crippen MR) is 82.0 cm³/mol. The highest BCUT2D eigenvalue weighted by Crippen LogP contribution is 2.55. The van der Waals surface area contributed by atoms with Crippen molar-refractivity contribution >= 4 is 5.69 Å². The number of rotatable bonds is 1. The maximum absolute atomic E-state index is 13.4. The van der Waals surface area contributed by atoms with E-state index >= 15 is 0 Å². The Bertz CT molecular complexity index is 780. The Hall–Kier alpha value is -2.17. The van der Waals surface area contributed by atoms with Crippen LogP contribution in [0.3, 0.4) is 0 Å². The van der Waals surface area contributed by atoms with E-state index in [9.17, 15) is 13.2 Å². The first-order valence-corrected chi connectivity index (χ1v) is 7.58. The summed E-state index contributed by atoms with van der Waals surface area (Å²) in [6, 6.07) is 10.6. The van der Waals surface area contributed by atoms with Crippen LogP contribution < -0.4 is 10.1 Å². The summed E-state index contributed by atoms with van der Waals surface area (Å²) in [7, 11) is 1.32. The lowest BCUT2D eigenvalue weighted by atomic mass is 9.76. The first-order chi connectivity index (χ1) is 11.0. The number of para-hydroxylation sites is 1. The molecule has 120 valence electrons. The molecule has 1 unspecified atom stereocenters. The monoisotopic (exact) mass is 319 g/mol. The van der Waals surface area contributed by atoms with Gasteiger partial charge >= 0.3 is 6.18 Å². The molecule has 2 aromatic carbocycles. The van der Waals surface area contributed by atoms with E-state index in [0.717, 1.165) is 35.7 Å². The number of anilines is 1. The fourth-order valence-corrected chi connectivity index (χ4v) is 4.11. The van der Waals surface area contributed by atoms with Crippen LogP contribution in [0.15, 0.2) is 36.4 Å². The van der Waals surface area contributed by atoms with E-state index in [4.69, 9.17) is 4.74 Å². The Kier molecular flexibility index (Phi) is 2.92. The molecular formula is C18H16F3NO. The van der Waals surface area contributed by atoms with Crippen LogP contribution in [0.5, 0.6) is 5.75 Å². The summed E-state index contributed by atoms with van der Waals surface area (Å²) in [6.45, 7) is 0.608. The van der Waals surface area contributed by atoms with Crippen LogP contribution in [0.25, 0.3) is 0 Å². The Labute approximate surface area is 132 Å². The second-order valence-corrected chi connectivity index (χ2v) is 6.16. The molecule has 23 heavy (non-hydrogen) atoms. The fourth-order valence-electron chi connectivity index (χ4n) is 4.11. The molecule has 0 fully saturated rings. The second-order valence-electron chi connectivity index (χ2n) is 6.16. The number of fused-ring (bicyclic) bond motifs is 4. The van der Waals surface area contributed by atoms with Crippen LogP contribution >= 0.6 is 0 Å². The third-order valence-corrected chi connectivity index (χ3v) is 5.08. The molecule has 0 saturated heterocycles. The standard InChI is InChI=1S/C18H16F3NO/c1-23-16-13(18(19,20)21)7-6-11-8-9-17(15(11)16)10-22-14-5-3-2-4-12(14)17/h2-7,22H,8-10H2,1H3. The number of ether oxygens (including phenoxy) is 1. The van der Waals surface area contributed by atoms with E-state index in [-0.39, 0.29) is 5.75 Å². The molecule has 2 nitrogen and oxygen atoms in total. The third-order valence-electron chi connectivity index (χ3n) is 5.08. The van der Waals surface area contributed by atoms with Crippen molar-refractivity contribution in [2.45, 2.75) is 24.4 Å². The average Bonchev–Trinajstić information content (AvgIpc) is 3.09. The molecule has 0 radical (unpaired) electrons. The van der Waals surface area contributed by atoms with Crippen molar-refractivity contribution in [2.75, 3.05) is 19.0 Å². The Balaban J connectivity index is 1.99. The molecule has 1 N–H and O–H groups in total. The molecule has 1 spiro atoms. The Morgan fingerprint density at radius 2 is 1.91 bits per heavy atom. The second kappa shape index (κ2) is 4.66. The van der Waals surface area contributed by atoms with E-state index in [2.05, 4.69) is 5.32 Å². The van der Waals surface area contributed by atoms with Crippen LogP contribution in [0.1, 0.15) is 28.7 Å². The number of alkyl halides is 3. The quantitative estimate of drug-likeness (QED) is 0.842. The van der Waals surface area contributed by atoms with Crippen molar-refractivity contribution in [2.24, 2.45) is 0 Å². The topological polar surface area (TPSA) is 21.3 Å². The average molecular weight is 319 g/mol. The van der Waals surface area contributed by atoms with E-state index in [1.165, 1.54) is 7.11 Å². The summed E-state index contributed by atoms with van der Waals surface area (Å²) in [4.78, 5) is 0. The smallest absolute Gasteiger partial charge is 0.419 e. The molecule has 5 heteroatoms. The number of methoxy groups -OCH3 is 1. The molecule has 4 rings (SSSR count). The zero-order chi connectivity index (χ0) is 16.2.